The van der Waals surface area contributed by atoms with Crippen molar-refractivity contribution in [2.75, 3.05) is 0 Å². The molecule has 0 radical (unpaired) electrons. The molecular formula is C8H5NO3S. The third-order valence-electron chi connectivity index (χ3n) is 1.55. The lowest BCUT2D eigenvalue weighted by atomic mass is 10.2. The van der Waals surface area contributed by atoms with E-state index in [1.54, 1.807) is 6.07 Å². The Bertz CT molecular complexity index is 418. The first kappa shape index (κ1) is 8.00. The van der Waals surface area contributed by atoms with Crippen molar-refractivity contribution in [3.8, 4) is 10.4 Å². The van der Waals surface area contributed by atoms with Crippen LogP contribution in [0.1, 0.15) is 10.5 Å². The molecule has 0 aliphatic carbocycles. The maximum absolute atomic E-state index is 10.7. The summed E-state index contributed by atoms with van der Waals surface area (Å²) in [5, 5.41) is 8.77. The van der Waals surface area contributed by atoms with Gasteiger partial charge in [-0.15, -0.1) is 11.3 Å². The molecule has 1 N–H and O–H groups in total. The zero-order chi connectivity index (χ0) is 9.26. The highest BCUT2D eigenvalue weighted by molar-refractivity contribution is 7.13. The van der Waals surface area contributed by atoms with E-state index < -0.39 is 5.97 Å². The highest BCUT2D eigenvalue weighted by atomic mass is 32.1. The van der Waals surface area contributed by atoms with E-state index in [2.05, 4.69) is 4.98 Å². The van der Waals surface area contributed by atoms with Crippen LogP contribution in [0.4, 0.5) is 0 Å². The van der Waals surface area contributed by atoms with Gasteiger partial charge >= 0.3 is 5.97 Å². The van der Waals surface area contributed by atoms with Gasteiger partial charge in [0.15, 0.2) is 5.69 Å². The van der Waals surface area contributed by atoms with Crippen molar-refractivity contribution >= 4 is 17.3 Å². The molecule has 2 heterocycles. The van der Waals surface area contributed by atoms with Gasteiger partial charge in [-0.1, -0.05) is 0 Å². The topological polar surface area (TPSA) is 63.3 Å². The minimum atomic E-state index is -1.02. The largest absolute Gasteiger partial charge is 0.476 e. The Morgan fingerprint density at radius 1 is 1.62 bits per heavy atom. The number of furan rings is 1. The molecule has 0 amide bonds. The summed E-state index contributed by atoms with van der Waals surface area (Å²) in [5.74, 6) is -1.02. The first-order valence-corrected chi connectivity index (χ1v) is 4.36. The number of hydrogen-bond donors (Lipinski definition) is 1. The Kier molecular flexibility index (Phi) is 1.86. The summed E-state index contributed by atoms with van der Waals surface area (Å²) < 4.78 is 4.86. The van der Waals surface area contributed by atoms with Gasteiger partial charge in [-0.3, -0.25) is 0 Å². The Morgan fingerprint density at radius 3 is 3.08 bits per heavy atom. The minimum absolute atomic E-state index is 0.0754. The standard InChI is InChI=1S/C8H5NO3S/c10-8(11)6-7(13-4-9-6)5-1-2-12-3-5/h1-4H,(H,10,11). The highest BCUT2D eigenvalue weighted by Gasteiger charge is 2.15. The predicted octanol–water partition coefficient (Wildman–Crippen LogP) is 2.10. The second-order valence-corrected chi connectivity index (χ2v) is 3.20. The van der Waals surface area contributed by atoms with Crippen LogP contribution in [-0.4, -0.2) is 16.1 Å². The van der Waals surface area contributed by atoms with E-state index in [-0.39, 0.29) is 5.69 Å². The molecule has 0 atom stereocenters. The Hall–Kier alpha value is -1.62. The molecule has 5 heteroatoms. The molecule has 0 aliphatic heterocycles. The van der Waals surface area contributed by atoms with E-state index >= 15 is 0 Å². The van der Waals surface area contributed by atoms with Crippen LogP contribution in [0.2, 0.25) is 0 Å². The van der Waals surface area contributed by atoms with Crippen molar-refractivity contribution in [1.82, 2.24) is 4.98 Å². The van der Waals surface area contributed by atoms with Crippen molar-refractivity contribution in [3.05, 3.63) is 29.8 Å². The number of nitrogens with zero attached hydrogens (tertiary/aromatic N) is 1. The highest BCUT2D eigenvalue weighted by Crippen LogP contribution is 2.27. The lowest BCUT2D eigenvalue weighted by molar-refractivity contribution is 0.0692. The summed E-state index contributed by atoms with van der Waals surface area (Å²) in [6, 6.07) is 1.71. The van der Waals surface area contributed by atoms with Crippen molar-refractivity contribution in [1.29, 1.82) is 0 Å². The second kappa shape index (κ2) is 3.02. The van der Waals surface area contributed by atoms with Gasteiger partial charge < -0.3 is 9.52 Å². The molecule has 2 aromatic rings. The van der Waals surface area contributed by atoms with Crippen LogP contribution in [0.25, 0.3) is 10.4 Å². The Balaban J connectivity index is 2.52. The summed E-state index contributed by atoms with van der Waals surface area (Å²) in [5.41, 5.74) is 2.33. The number of aromatic carboxylic acids is 1. The van der Waals surface area contributed by atoms with Crippen LogP contribution in [0.3, 0.4) is 0 Å². The number of carboxylic acids is 1. The van der Waals surface area contributed by atoms with Crippen LogP contribution in [0.15, 0.2) is 28.5 Å². The zero-order valence-electron chi connectivity index (χ0n) is 6.43. The van der Waals surface area contributed by atoms with Crippen LogP contribution in [-0.2, 0) is 0 Å². The average Bonchev–Trinajstić information content (AvgIpc) is 2.74. The lowest BCUT2D eigenvalue weighted by Gasteiger charge is -1.91. The molecule has 0 aromatic carbocycles. The summed E-state index contributed by atoms with van der Waals surface area (Å²) in [6.07, 6.45) is 3.00. The molecule has 4 nitrogen and oxygen atoms in total. The fourth-order valence-corrected chi connectivity index (χ4v) is 1.76. The van der Waals surface area contributed by atoms with E-state index in [1.807, 2.05) is 0 Å². The third-order valence-corrected chi connectivity index (χ3v) is 2.43. The predicted molar refractivity (Wildman–Crippen MR) is 46.8 cm³/mol. The normalized spacial score (nSPS) is 10.2. The van der Waals surface area contributed by atoms with E-state index in [1.165, 1.54) is 29.4 Å². The van der Waals surface area contributed by atoms with Gasteiger partial charge in [0.2, 0.25) is 0 Å². The third kappa shape index (κ3) is 1.33. The van der Waals surface area contributed by atoms with Crippen LogP contribution >= 0.6 is 11.3 Å². The summed E-state index contributed by atoms with van der Waals surface area (Å²) >= 11 is 1.28. The van der Waals surface area contributed by atoms with Gasteiger partial charge in [0, 0.05) is 5.56 Å². The van der Waals surface area contributed by atoms with Crippen molar-refractivity contribution in [2.45, 2.75) is 0 Å². The average molecular weight is 195 g/mol. The fourth-order valence-electron chi connectivity index (χ4n) is 0.997. The minimum Gasteiger partial charge on any atom is -0.476 e. The van der Waals surface area contributed by atoms with Crippen LogP contribution in [0.5, 0.6) is 0 Å². The smallest absolute Gasteiger partial charge is 0.356 e. The van der Waals surface area contributed by atoms with Crippen LogP contribution in [0, 0.1) is 0 Å². The first-order valence-electron chi connectivity index (χ1n) is 3.48. The molecule has 2 aromatic heterocycles. The van der Waals surface area contributed by atoms with Crippen molar-refractivity contribution < 1.29 is 14.3 Å². The Morgan fingerprint density at radius 2 is 2.46 bits per heavy atom. The quantitative estimate of drug-likeness (QED) is 0.797. The number of carboxylic acid groups (broad SMARTS) is 1. The molecule has 0 unspecified atom stereocenters. The van der Waals surface area contributed by atoms with Crippen LogP contribution < -0.4 is 0 Å². The molecule has 13 heavy (non-hydrogen) atoms. The van der Waals surface area contributed by atoms with Gasteiger partial charge in [0.25, 0.3) is 0 Å². The number of aromatic nitrogens is 1. The van der Waals surface area contributed by atoms with Gasteiger partial charge in [-0.2, -0.15) is 0 Å². The SMILES string of the molecule is O=C(O)c1ncsc1-c1ccoc1. The fraction of sp³-hybridized carbons (Fsp3) is 0. The van der Waals surface area contributed by atoms with Gasteiger partial charge in [-0.05, 0) is 6.07 Å². The molecule has 0 fully saturated rings. The first-order chi connectivity index (χ1) is 6.29. The molecule has 0 saturated heterocycles. The van der Waals surface area contributed by atoms with Crippen molar-refractivity contribution in [2.24, 2.45) is 0 Å². The summed E-state index contributed by atoms with van der Waals surface area (Å²) in [4.78, 5) is 15.1. The van der Waals surface area contributed by atoms with Gasteiger partial charge in [0.1, 0.15) is 0 Å². The summed E-state index contributed by atoms with van der Waals surface area (Å²) in [7, 11) is 0. The number of hydrogen-bond acceptors (Lipinski definition) is 4. The van der Waals surface area contributed by atoms with E-state index in [0.717, 1.165) is 5.56 Å². The second-order valence-electron chi connectivity index (χ2n) is 2.35. The summed E-state index contributed by atoms with van der Waals surface area (Å²) in [6.45, 7) is 0. The molecule has 0 spiro atoms. The zero-order valence-corrected chi connectivity index (χ0v) is 7.25. The van der Waals surface area contributed by atoms with Gasteiger partial charge in [0.05, 0.1) is 22.9 Å². The Labute approximate surface area is 77.5 Å². The van der Waals surface area contributed by atoms with E-state index in [9.17, 15) is 4.79 Å². The maximum Gasteiger partial charge on any atom is 0.356 e. The number of carbonyl (C=O) groups is 1. The van der Waals surface area contributed by atoms with Gasteiger partial charge in [-0.25, -0.2) is 9.78 Å². The molecular weight excluding hydrogens is 190 g/mol. The number of thiazole rings is 1. The van der Waals surface area contributed by atoms with E-state index in [0.29, 0.717) is 4.88 Å². The molecule has 2 rings (SSSR count). The molecule has 0 aliphatic rings. The maximum atomic E-state index is 10.7. The van der Waals surface area contributed by atoms with E-state index in [4.69, 9.17) is 9.52 Å². The lowest BCUT2D eigenvalue weighted by Crippen LogP contribution is -1.97. The van der Waals surface area contributed by atoms with Crippen molar-refractivity contribution in [3.63, 3.8) is 0 Å². The molecule has 0 saturated carbocycles. The molecule has 66 valence electrons. The number of rotatable bonds is 2. The monoisotopic (exact) mass is 195 g/mol. The molecule has 0 bridgehead atoms.